The highest BCUT2D eigenvalue weighted by molar-refractivity contribution is 6.14. The number of hydrogen-bond acceptors (Lipinski definition) is 6. The number of esters is 1. The van der Waals surface area contributed by atoms with Crippen molar-refractivity contribution in [1.82, 2.24) is 10.6 Å². The summed E-state index contributed by atoms with van der Waals surface area (Å²) in [6, 6.07) is 4.67. The Bertz CT molecular complexity index is 775. The van der Waals surface area contributed by atoms with Crippen LogP contribution in [-0.4, -0.2) is 38.7 Å². The fourth-order valence-electron chi connectivity index (χ4n) is 2.80. The minimum atomic E-state index is -0.522. The Morgan fingerprint density at radius 2 is 1.77 bits per heavy atom. The molecule has 8 nitrogen and oxygen atoms in total. The van der Waals surface area contributed by atoms with Gasteiger partial charge in [-0.1, -0.05) is 46.1 Å². The molecule has 2 rings (SSSR count). The van der Waals surface area contributed by atoms with Gasteiger partial charge in [-0.15, -0.1) is 0 Å². The molecule has 1 aliphatic rings. The van der Waals surface area contributed by atoms with Gasteiger partial charge >= 0.3 is 12.0 Å². The van der Waals surface area contributed by atoms with E-state index < -0.39 is 11.9 Å². The first kappa shape index (κ1) is 26.0. The minimum absolute atomic E-state index is 0.0741. The molecule has 0 aromatic heterocycles. The smallest absolute Gasteiger partial charge is 0.326 e. The molecule has 1 fully saturated rings. The van der Waals surface area contributed by atoms with Crippen LogP contribution in [0.25, 0.3) is 6.08 Å². The lowest BCUT2D eigenvalue weighted by Crippen LogP contribution is -2.22. The van der Waals surface area contributed by atoms with Crippen molar-refractivity contribution in [1.29, 1.82) is 0 Å². The van der Waals surface area contributed by atoms with Gasteiger partial charge < -0.3 is 19.5 Å². The second-order valence-electron chi connectivity index (χ2n) is 7.03. The van der Waals surface area contributed by atoms with Gasteiger partial charge in [0.2, 0.25) is 0 Å². The average molecular weight is 435 g/mol. The van der Waals surface area contributed by atoms with Crippen molar-refractivity contribution in [2.75, 3.05) is 20.8 Å². The molecule has 0 bridgehead atoms. The second-order valence-corrected chi connectivity index (χ2v) is 7.03. The third-order valence-electron chi connectivity index (χ3n) is 4.75. The van der Waals surface area contributed by atoms with Crippen molar-refractivity contribution in [2.45, 2.75) is 52.9 Å². The molecule has 1 aromatic carbocycles. The van der Waals surface area contributed by atoms with Gasteiger partial charge in [-0.25, -0.2) is 4.79 Å². The van der Waals surface area contributed by atoms with E-state index in [2.05, 4.69) is 24.5 Å². The number of ether oxygens (including phenoxy) is 3. The zero-order chi connectivity index (χ0) is 23.2. The van der Waals surface area contributed by atoms with Crippen LogP contribution in [0.15, 0.2) is 23.9 Å². The van der Waals surface area contributed by atoms with Crippen LogP contribution in [0.1, 0.15) is 58.4 Å². The molecule has 0 spiro atoms. The van der Waals surface area contributed by atoms with E-state index in [1.807, 2.05) is 6.92 Å². The van der Waals surface area contributed by atoms with E-state index in [1.165, 1.54) is 26.4 Å². The lowest BCUT2D eigenvalue weighted by atomic mass is 10.0. The van der Waals surface area contributed by atoms with E-state index in [4.69, 9.17) is 14.2 Å². The Labute approximate surface area is 184 Å². The van der Waals surface area contributed by atoms with E-state index in [9.17, 15) is 14.4 Å². The topological polar surface area (TPSA) is 103 Å². The van der Waals surface area contributed by atoms with Crippen molar-refractivity contribution >= 4 is 24.0 Å². The number of imide groups is 1. The molecule has 1 heterocycles. The molecule has 31 heavy (non-hydrogen) atoms. The quantitative estimate of drug-likeness (QED) is 0.327. The van der Waals surface area contributed by atoms with E-state index in [-0.39, 0.29) is 11.7 Å². The number of amides is 3. The zero-order valence-electron chi connectivity index (χ0n) is 19.1. The highest BCUT2D eigenvalue weighted by Gasteiger charge is 2.22. The fourth-order valence-corrected chi connectivity index (χ4v) is 2.80. The lowest BCUT2D eigenvalue weighted by molar-refractivity contribution is -0.144. The molecule has 3 amide bonds. The highest BCUT2D eigenvalue weighted by atomic mass is 16.5. The summed E-state index contributed by atoms with van der Waals surface area (Å²) >= 11 is 0. The molecule has 0 radical (unpaired) electrons. The monoisotopic (exact) mass is 434 g/mol. The minimum Gasteiger partial charge on any atom is -0.493 e. The average Bonchev–Trinajstić information content (AvgIpc) is 3.10. The summed E-state index contributed by atoms with van der Waals surface area (Å²) in [5.41, 5.74) is 0.923. The standard InChI is InChI=1S/C12H12N2O4.C11H22O2/c1-17-9-4-3-7(6-10(9)18-2)5-8-11(15)14-12(16)13-8;1-4-7-8-10(5-2)9-13-11(12)6-3/h3-6H,1-2H3,(H2,13,14,15,16);10H,4-9H2,1-3H3/b8-5+;. The third kappa shape index (κ3) is 9.11. The van der Waals surface area contributed by atoms with Gasteiger partial charge in [-0.2, -0.15) is 0 Å². The number of unbranched alkanes of at least 4 members (excludes halogenated alkanes) is 1. The van der Waals surface area contributed by atoms with Crippen LogP contribution in [0.2, 0.25) is 0 Å². The van der Waals surface area contributed by atoms with E-state index in [0.717, 1.165) is 12.0 Å². The fraction of sp³-hybridized carbons (Fsp3) is 0.522. The Balaban J connectivity index is 0.000000330. The SMILES string of the molecule is CCCCC(CC)COC(=O)CC.COc1ccc(/C=C2/NC(=O)NC2=O)cc1OC. The number of urea groups is 1. The molecule has 8 heteroatoms. The van der Waals surface area contributed by atoms with Crippen LogP contribution in [0.5, 0.6) is 11.5 Å². The summed E-state index contributed by atoms with van der Waals surface area (Å²) < 4.78 is 15.4. The molecule has 1 aromatic rings. The predicted octanol–water partition coefficient (Wildman–Crippen LogP) is 4.04. The molecular weight excluding hydrogens is 400 g/mol. The first-order valence-electron chi connectivity index (χ1n) is 10.6. The number of benzene rings is 1. The summed E-state index contributed by atoms with van der Waals surface area (Å²) in [6.07, 6.45) is 6.80. The predicted molar refractivity (Wildman–Crippen MR) is 119 cm³/mol. The van der Waals surface area contributed by atoms with Crippen LogP contribution < -0.4 is 20.1 Å². The summed E-state index contributed by atoms with van der Waals surface area (Å²) in [4.78, 5) is 33.2. The van der Waals surface area contributed by atoms with E-state index >= 15 is 0 Å². The number of hydrogen-bond donors (Lipinski definition) is 2. The summed E-state index contributed by atoms with van der Waals surface area (Å²) in [6.45, 7) is 6.78. The molecule has 0 aliphatic carbocycles. The number of nitrogens with one attached hydrogen (secondary N) is 2. The maximum absolute atomic E-state index is 11.3. The Morgan fingerprint density at radius 1 is 1.06 bits per heavy atom. The first-order valence-corrected chi connectivity index (χ1v) is 10.6. The normalized spacial score (nSPS) is 14.8. The van der Waals surface area contributed by atoms with Crippen molar-refractivity contribution in [3.8, 4) is 11.5 Å². The van der Waals surface area contributed by atoms with E-state index in [1.54, 1.807) is 31.4 Å². The van der Waals surface area contributed by atoms with Crippen LogP contribution in [0.4, 0.5) is 4.79 Å². The molecule has 1 aliphatic heterocycles. The summed E-state index contributed by atoms with van der Waals surface area (Å²) in [5, 5.41) is 4.53. The Hall–Kier alpha value is -3.03. The number of carbonyl (C=O) groups excluding carboxylic acids is 3. The van der Waals surface area contributed by atoms with Crippen LogP contribution in [0.3, 0.4) is 0 Å². The largest absolute Gasteiger partial charge is 0.493 e. The number of methoxy groups -OCH3 is 2. The molecule has 2 N–H and O–H groups in total. The maximum Gasteiger partial charge on any atom is 0.326 e. The Morgan fingerprint density at radius 3 is 2.29 bits per heavy atom. The molecule has 1 unspecified atom stereocenters. The maximum atomic E-state index is 11.3. The van der Waals surface area contributed by atoms with Crippen molar-refractivity contribution in [3.63, 3.8) is 0 Å². The van der Waals surface area contributed by atoms with Gasteiger partial charge in [0, 0.05) is 6.42 Å². The molecule has 1 saturated heterocycles. The van der Waals surface area contributed by atoms with Gasteiger partial charge in [0.05, 0.1) is 20.8 Å². The first-order chi connectivity index (χ1) is 14.9. The van der Waals surface area contributed by atoms with Crippen molar-refractivity contribution in [3.05, 3.63) is 29.5 Å². The lowest BCUT2D eigenvalue weighted by Gasteiger charge is -2.13. The van der Waals surface area contributed by atoms with Crippen LogP contribution >= 0.6 is 0 Å². The highest BCUT2D eigenvalue weighted by Crippen LogP contribution is 2.28. The van der Waals surface area contributed by atoms with Gasteiger partial charge in [0.25, 0.3) is 5.91 Å². The van der Waals surface area contributed by atoms with Crippen LogP contribution in [-0.2, 0) is 14.3 Å². The van der Waals surface area contributed by atoms with Gasteiger partial charge in [0.1, 0.15) is 5.70 Å². The zero-order valence-corrected chi connectivity index (χ0v) is 19.1. The van der Waals surface area contributed by atoms with Crippen molar-refractivity contribution in [2.24, 2.45) is 5.92 Å². The second kappa shape index (κ2) is 14.1. The van der Waals surface area contributed by atoms with Crippen molar-refractivity contribution < 1.29 is 28.6 Å². The molecule has 172 valence electrons. The number of rotatable bonds is 10. The molecule has 0 saturated carbocycles. The summed E-state index contributed by atoms with van der Waals surface area (Å²) in [5.74, 6) is 1.19. The van der Waals surface area contributed by atoms with E-state index in [0.29, 0.717) is 30.4 Å². The summed E-state index contributed by atoms with van der Waals surface area (Å²) in [7, 11) is 3.07. The van der Waals surface area contributed by atoms with Gasteiger partial charge in [0.15, 0.2) is 11.5 Å². The Kier molecular flexibility index (Phi) is 11.8. The van der Waals surface area contributed by atoms with Gasteiger partial charge in [-0.05, 0) is 36.1 Å². The number of carbonyl (C=O) groups is 3. The molecular formula is C23H34N2O6. The van der Waals surface area contributed by atoms with Crippen LogP contribution in [0, 0.1) is 5.92 Å². The van der Waals surface area contributed by atoms with Gasteiger partial charge in [-0.3, -0.25) is 14.9 Å². The third-order valence-corrected chi connectivity index (χ3v) is 4.75. The molecule has 1 atom stereocenters.